The second-order valence-electron chi connectivity index (χ2n) is 7.85. The van der Waals surface area contributed by atoms with Crippen molar-refractivity contribution in [2.45, 2.75) is 57.2 Å². The maximum atomic E-state index is 12.3. The van der Waals surface area contributed by atoms with E-state index in [1.165, 1.54) is 0 Å². The number of methoxy groups -OCH3 is 1. The fourth-order valence-corrected chi connectivity index (χ4v) is 3.74. The van der Waals surface area contributed by atoms with Crippen LogP contribution < -0.4 is 20.7 Å². The lowest BCUT2D eigenvalue weighted by atomic mass is 9.85. The fraction of sp³-hybridized carbons (Fsp3) is 0.636. The molecule has 0 aliphatic heterocycles. The van der Waals surface area contributed by atoms with Gasteiger partial charge in [-0.25, -0.2) is 0 Å². The van der Waals surface area contributed by atoms with Crippen molar-refractivity contribution in [1.29, 1.82) is 0 Å². The van der Waals surface area contributed by atoms with E-state index in [0.29, 0.717) is 25.8 Å². The number of guanidine groups is 1. The quantitative estimate of drug-likeness (QED) is 0.198. The number of carbonyl (C=O) groups excluding carboxylic acids is 1. The molecular weight excluding hydrogens is 495 g/mol. The molecular formula is C22H35IN4O3. The van der Waals surface area contributed by atoms with Gasteiger partial charge in [-0.3, -0.25) is 9.79 Å². The minimum atomic E-state index is 0. The van der Waals surface area contributed by atoms with Gasteiger partial charge in [0.15, 0.2) is 5.96 Å². The average Bonchev–Trinajstić information content (AvgIpc) is 3.57. The number of rotatable bonds is 9. The van der Waals surface area contributed by atoms with E-state index in [-0.39, 0.29) is 41.8 Å². The van der Waals surface area contributed by atoms with E-state index in [1.807, 2.05) is 24.3 Å². The first-order valence-electron chi connectivity index (χ1n) is 10.7. The Morgan fingerprint density at radius 2 is 1.93 bits per heavy atom. The van der Waals surface area contributed by atoms with Crippen molar-refractivity contribution in [3.8, 4) is 5.75 Å². The first kappa shape index (κ1) is 24.7. The summed E-state index contributed by atoms with van der Waals surface area (Å²) < 4.78 is 11.1. The number of halogens is 1. The van der Waals surface area contributed by atoms with Crippen LogP contribution in [-0.2, 0) is 16.1 Å². The molecule has 0 spiro atoms. The van der Waals surface area contributed by atoms with Crippen molar-refractivity contribution >= 4 is 35.8 Å². The Balaban J connectivity index is 0.00000320. The van der Waals surface area contributed by atoms with Crippen LogP contribution in [0.2, 0.25) is 0 Å². The molecule has 168 valence electrons. The molecule has 2 aliphatic rings. The van der Waals surface area contributed by atoms with Gasteiger partial charge >= 0.3 is 0 Å². The highest BCUT2D eigenvalue weighted by Crippen LogP contribution is 2.26. The topological polar surface area (TPSA) is 84.0 Å². The van der Waals surface area contributed by atoms with Crippen LogP contribution in [0, 0.1) is 5.92 Å². The summed E-state index contributed by atoms with van der Waals surface area (Å²) in [6, 6.07) is 8.58. The normalized spacial score (nSPS) is 21.3. The van der Waals surface area contributed by atoms with Gasteiger partial charge in [-0.05, 0) is 38.2 Å². The first-order chi connectivity index (χ1) is 14.2. The Hall–Kier alpha value is -1.55. The Labute approximate surface area is 196 Å². The third kappa shape index (κ3) is 7.94. The maximum absolute atomic E-state index is 12.3. The number of aliphatic imine (C=N–C) groups is 1. The number of hydrogen-bond acceptors (Lipinski definition) is 4. The van der Waals surface area contributed by atoms with Gasteiger partial charge in [0, 0.05) is 37.2 Å². The lowest BCUT2D eigenvalue weighted by molar-refractivity contribution is -0.126. The van der Waals surface area contributed by atoms with Crippen LogP contribution in [-0.4, -0.2) is 51.3 Å². The van der Waals surface area contributed by atoms with Gasteiger partial charge in [0.1, 0.15) is 5.75 Å². The van der Waals surface area contributed by atoms with Crippen molar-refractivity contribution < 1.29 is 14.3 Å². The molecule has 0 radical (unpaired) electrons. The number of benzene rings is 1. The van der Waals surface area contributed by atoms with Crippen LogP contribution >= 0.6 is 24.0 Å². The van der Waals surface area contributed by atoms with E-state index in [0.717, 1.165) is 55.8 Å². The number of para-hydroxylation sites is 1. The standard InChI is InChI=1S/C22H34N4O3.HI/c1-23-22(24-12-13-29-15-17-6-3-4-9-20(17)28-2)26-19-8-5-7-16(14-19)21(27)25-18-10-11-18;/h3-4,6,9,16,18-19H,5,7-8,10-15H2,1-2H3,(H,25,27)(H2,23,24,26);1H. The molecule has 2 unspecified atom stereocenters. The molecule has 1 aromatic carbocycles. The highest BCUT2D eigenvalue weighted by molar-refractivity contribution is 14.0. The van der Waals surface area contributed by atoms with E-state index < -0.39 is 0 Å². The van der Waals surface area contributed by atoms with Crippen molar-refractivity contribution in [3.63, 3.8) is 0 Å². The Bertz CT molecular complexity index is 697. The SMILES string of the molecule is CN=C(NCCOCc1ccccc1OC)NC1CCCC(C(=O)NC2CC2)C1.I. The van der Waals surface area contributed by atoms with Gasteiger partial charge < -0.3 is 25.4 Å². The summed E-state index contributed by atoms with van der Waals surface area (Å²) >= 11 is 0. The van der Waals surface area contributed by atoms with Crippen LogP contribution in [0.25, 0.3) is 0 Å². The molecule has 3 N–H and O–H groups in total. The molecule has 0 saturated heterocycles. The van der Waals surface area contributed by atoms with Crippen LogP contribution in [0.1, 0.15) is 44.1 Å². The zero-order valence-electron chi connectivity index (χ0n) is 18.0. The minimum Gasteiger partial charge on any atom is -0.496 e. The molecule has 0 bridgehead atoms. The molecule has 7 nitrogen and oxygen atoms in total. The van der Waals surface area contributed by atoms with E-state index in [2.05, 4.69) is 20.9 Å². The second kappa shape index (κ2) is 13.0. The van der Waals surface area contributed by atoms with Gasteiger partial charge in [-0.1, -0.05) is 24.6 Å². The lowest BCUT2D eigenvalue weighted by Crippen LogP contribution is -2.47. The van der Waals surface area contributed by atoms with Crippen LogP contribution in [0.4, 0.5) is 0 Å². The second-order valence-corrected chi connectivity index (χ2v) is 7.85. The van der Waals surface area contributed by atoms with Gasteiger partial charge in [-0.15, -0.1) is 24.0 Å². The summed E-state index contributed by atoms with van der Waals surface area (Å²) in [7, 11) is 3.44. The van der Waals surface area contributed by atoms with Crippen molar-refractivity contribution in [2.75, 3.05) is 27.3 Å². The predicted octanol–water partition coefficient (Wildman–Crippen LogP) is 2.83. The van der Waals surface area contributed by atoms with Gasteiger partial charge in [0.25, 0.3) is 0 Å². The molecule has 1 amide bonds. The van der Waals surface area contributed by atoms with Crippen LogP contribution in [0.5, 0.6) is 5.75 Å². The number of carbonyl (C=O) groups is 1. The zero-order valence-corrected chi connectivity index (χ0v) is 20.3. The molecule has 2 fully saturated rings. The number of amides is 1. The molecule has 2 aliphatic carbocycles. The Morgan fingerprint density at radius 3 is 2.67 bits per heavy atom. The minimum absolute atomic E-state index is 0. The number of hydrogen-bond donors (Lipinski definition) is 3. The molecule has 0 heterocycles. The van der Waals surface area contributed by atoms with E-state index in [1.54, 1.807) is 14.2 Å². The Morgan fingerprint density at radius 1 is 1.13 bits per heavy atom. The lowest BCUT2D eigenvalue weighted by Gasteiger charge is -2.30. The smallest absolute Gasteiger partial charge is 0.223 e. The molecule has 3 rings (SSSR count). The maximum Gasteiger partial charge on any atom is 0.223 e. The molecule has 2 atom stereocenters. The number of nitrogens with one attached hydrogen (secondary N) is 3. The van der Waals surface area contributed by atoms with Gasteiger partial charge in [-0.2, -0.15) is 0 Å². The largest absolute Gasteiger partial charge is 0.496 e. The highest BCUT2D eigenvalue weighted by Gasteiger charge is 2.31. The first-order valence-corrected chi connectivity index (χ1v) is 10.7. The molecule has 2 saturated carbocycles. The van der Waals surface area contributed by atoms with Gasteiger partial charge in [0.05, 0.1) is 20.3 Å². The summed E-state index contributed by atoms with van der Waals surface area (Å²) in [5.41, 5.74) is 1.04. The highest BCUT2D eigenvalue weighted by atomic mass is 127. The van der Waals surface area contributed by atoms with Crippen LogP contribution in [0.3, 0.4) is 0 Å². The summed E-state index contributed by atoms with van der Waals surface area (Å²) in [6.07, 6.45) is 6.26. The molecule has 1 aromatic rings. The van der Waals surface area contributed by atoms with Crippen LogP contribution in [0.15, 0.2) is 29.3 Å². The fourth-order valence-electron chi connectivity index (χ4n) is 3.74. The third-order valence-corrected chi connectivity index (χ3v) is 5.52. The van der Waals surface area contributed by atoms with E-state index >= 15 is 0 Å². The van der Waals surface area contributed by atoms with Gasteiger partial charge in [0.2, 0.25) is 5.91 Å². The van der Waals surface area contributed by atoms with Crippen molar-refractivity contribution in [1.82, 2.24) is 16.0 Å². The summed E-state index contributed by atoms with van der Waals surface area (Å²) in [6.45, 7) is 1.74. The summed E-state index contributed by atoms with van der Waals surface area (Å²) in [4.78, 5) is 16.7. The average molecular weight is 530 g/mol. The van der Waals surface area contributed by atoms with E-state index in [4.69, 9.17) is 9.47 Å². The number of ether oxygens (including phenoxy) is 2. The third-order valence-electron chi connectivity index (χ3n) is 5.52. The molecule has 8 heteroatoms. The number of nitrogens with zero attached hydrogens (tertiary/aromatic N) is 1. The molecule has 0 aromatic heterocycles. The zero-order chi connectivity index (χ0) is 20.5. The van der Waals surface area contributed by atoms with Crippen molar-refractivity contribution in [3.05, 3.63) is 29.8 Å². The summed E-state index contributed by atoms with van der Waals surface area (Å²) in [5.74, 6) is 1.95. The monoisotopic (exact) mass is 530 g/mol. The summed E-state index contributed by atoms with van der Waals surface area (Å²) in [5, 5.41) is 9.91. The Kier molecular flexibility index (Phi) is 10.7. The molecule has 30 heavy (non-hydrogen) atoms. The van der Waals surface area contributed by atoms with E-state index in [9.17, 15) is 4.79 Å². The van der Waals surface area contributed by atoms with Crippen molar-refractivity contribution in [2.24, 2.45) is 10.9 Å². The predicted molar refractivity (Wildman–Crippen MR) is 129 cm³/mol.